The lowest BCUT2D eigenvalue weighted by Crippen LogP contribution is -2.39. The highest BCUT2D eigenvalue weighted by atomic mass is 35.5. The van der Waals surface area contributed by atoms with Crippen LogP contribution in [0, 0.1) is 0 Å². The highest BCUT2D eigenvalue weighted by Gasteiger charge is 2.35. The molecule has 3 N–H and O–H groups in total. The molecular formula is C12H21ClN4O3S. The van der Waals surface area contributed by atoms with Gasteiger partial charge in [-0.2, -0.15) is 4.31 Å². The maximum absolute atomic E-state index is 12.6. The normalized spacial score (nSPS) is 19.3. The summed E-state index contributed by atoms with van der Waals surface area (Å²) in [5.74, 6) is -0.314. The molecule has 1 saturated heterocycles. The minimum atomic E-state index is -3.59. The average molecular weight is 337 g/mol. The van der Waals surface area contributed by atoms with Crippen LogP contribution in [-0.2, 0) is 17.1 Å². The lowest BCUT2D eigenvalue weighted by Gasteiger charge is -2.22. The summed E-state index contributed by atoms with van der Waals surface area (Å²) in [6.07, 6.45) is 3.06. The van der Waals surface area contributed by atoms with Gasteiger partial charge in [0.05, 0.1) is 0 Å². The monoisotopic (exact) mass is 336 g/mol. The molecule has 1 amide bonds. The molecule has 120 valence electrons. The van der Waals surface area contributed by atoms with Gasteiger partial charge >= 0.3 is 0 Å². The Morgan fingerprint density at radius 2 is 2.19 bits per heavy atom. The number of sulfonamides is 1. The van der Waals surface area contributed by atoms with Gasteiger partial charge in [0.25, 0.3) is 5.91 Å². The first-order chi connectivity index (χ1) is 9.41. The van der Waals surface area contributed by atoms with Crippen LogP contribution in [-0.4, -0.2) is 49.4 Å². The molecule has 0 radical (unpaired) electrons. The largest absolute Gasteiger partial charge is 0.354 e. The first kappa shape index (κ1) is 18.0. The standard InChI is InChI=1S/C12H20N4O3S.ClH/c1-14-12(17)11-6-10(8-15(11)2)20(18,19)16-5-3-4-9(16)7-13;/h6,8-9H,3-5,7,13H2,1-2H3,(H,14,17);1H. The Kier molecular flexibility index (Phi) is 5.80. The zero-order valence-electron chi connectivity index (χ0n) is 12.1. The number of amides is 1. The van der Waals surface area contributed by atoms with E-state index in [1.165, 1.54) is 28.2 Å². The van der Waals surface area contributed by atoms with Crippen molar-refractivity contribution in [2.45, 2.75) is 23.8 Å². The van der Waals surface area contributed by atoms with Gasteiger partial charge in [0, 0.05) is 39.4 Å². The third kappa shape index (κ3) is 3.23. The second-order valence-electron chi connectivity index (χ2n) is 4.90. The second kappa shape index (κ2) is 6.78. The molecule has 0 bridgehead atoms. The van der Waals surface area contributed by atoms with Crippen LogP contribution in [0.25, 0.3) is 0 Å². The van der Waals surface area contributed by atoms with E-state index in [-0.39, 0.29) is 29.3 Å². The van der Waals surface area contributed by atoms with E-state index in [9.17, 15) is 13.2 Å². The summed E-state index contributed by atoms with van der Waals surface area (Å²) in [7, 11) is -0.436. The fourth-order valence-corrected chi connectivity index (χ4v) is 4.30. The van der Waals surface area contributed by atoms with E-state index in [4.69, 9.17) is 5.73 Å². The van der Waals surface area contributed by atoms with Gasteiger partial charge in [-0.05, 0) is 18.9 Å². The van der Waals surface area contributed by atoms with E-state index >= 15 is 0 Å². The minimum Gasteiger partial charge on any atom is -0.354 e. The molecule has 1 aliphatic rings. The summed E-state index contributed by atoms with van der Waals surface area (Å²) in [6, 6.07) is 1.25. The number of nitrogens with two attached hydrogens (primary N) is 1. The molecule has 0 aliphatic carbocycles. The number of hydrogen-bond donors (Lipinski definition) is 2. The topological polar surface area (TPSA) is 97.4 Å². The zero-order valence-corrected chi connectivity index (χ0v) is 13.7. The minimum absolute atomic E-state index is 0. The number of aryl methyl sites for hydroxylation is 1. The Bertz CT molecular complexity index is 614. The summed E-state index contributed by atoms with van der Waals surface area (Å²) in [6.45, 7) is 0.794. The van der Waals surface area contributed by atoms with Crippen LogP contribution in [0.5, 0.6) is 0 Å². The van der Waals surface area contributed by atoms with Crippen molar-refractivity contribution in [3.8, 4) is 0 Å². The summed E-state index contributed by atoms with van der Waals surface area (Å²) in [5, 5.41) is 2.49. The van der Waals surface area contributed by atoms with Crippen molar-refractivity contribution >= 4 is 28.3 Å². The lowest BCUT2D eigenvalue weighted by atomic mass is 10.2. The number of hydrogen-bond acceptors (Lipinski definition) is 4. The molecule has 0 aromatic carbocycles. The van der Waals surface area contributed by atoms with Gasteiger partial charge in [-0.25, -0.2) is 8.42 Å². The third-order valence-electron chi connectivity index (χ3n) is 3.64. The molecule has 7 nitrogen and oxygen atoms in total. The number of carbonyl (C=O) groups excluding carboxylic acids is 1. The van der Waals surface area contributed by atoms with Crippen LogP contribution in [0.1, 0.15) is 23.3 Å². The van der Waals surface area contributed by atoms with E-state index in [2.05, 4.69) is 5.32 Å². The summed E-state index contributed by atoms with van der Waals surface area (Å²) in [4.78, 5) is 11.8. The third-order valence-corrected chi connectivity index (χ3v) is 5.56. The van der Waals surface area contributed by atoms with Crippen molar-refractivity contribution in [3.05, 3.63) is 18.0 Å². The van der Waals surface area contributed by atoms with E-state index < -0.39 is 10.0 Å². The Morgan fingerprint density at radius 3 is 2.76 bits per heavy atom. The van der Waals surface area contributed by atoms with Gasteiger partial charge in [-0.15, -0.1) is 12.4 Å². The fourth-order valence-electron chi connectivity index (χ4n) is 2.53. The summed E-state index contributed by atoms with van der Waals surface area (Å²) in [5.41, 5.74) is 5.94. The van der Waals surface area contributed by atoms with Crippen LogP contribution >= 0.6 is 12.4 Å². The summed E-state index contributed by atoms with van der Waals surface area (Å²) >= 11 is 0. The van der Waals surface area contributed by atoms with Gasteiger partial charge in [0.2, 0.25) is 10.0 Å². The fraction of sp³-hybridized carbons (Fsp3) is 0.583. The smallest absolute Gasteiger partial charge is 0.267 e. The number of aromatic nitrogens is 1. The van der Waals surface area contributed by atoms with Crippen molar-refractivity contribution in [3.63, 3.8) is 0 Å². The zero-order chi connectivity index (χ0) is 14.9. The molecule has 0 saturated carbocycles. The van der Waals surface area contributed by atoms with Gasteiger partial charge < -0.3 is 15.6 Å². The SMILES string of the molecule is CNC(=O)c1cc(S(=O)(=O)N2CCCC2CN)cn1C.Cl. The first-order valence-electron chi connectivity index (χ1n) is 6.52. The van der Waals surface area contributed by atoms with Crippen LogP contribution in [0.15, 0.2) is 17.2 Å². The number of nitrogens with zero attached hydrogens (tertiary/aromatic N) is 2. The molecule has 1 fully saturated rings. The Hall–Kier alpha value is -1.09. The first-order valence-corrected chi connectivity index (χ1v) is 7.96. The Labute approximate surface area is 130 Å². The average Bonchev–Trinajstić information content (AvgIpc) is 3.04. The quantitative estimate of drug-likeness (QED) is 0.803. The van der Waals surface area contributed by atoms with E-state index in [1.54, 1.807) is 7.05 Å². The van der Waals surface area contributed by atoms with Gasteiger partial charge in [-0.1, -0.05) is 0 Å². The number of carbonyl (C=O) groups is 1. The molecule has 0 spiro atoms. The molecule has 2 rings (SSSR count). The molecule has 1 unspecified atom stereocenters. The maximum atomic E-state index is 12.6. The van der Waals surface area contributed by atoms with E-state index in [0.717, 1.165) is 12.8 Å². The lowest BCUT2D eigenvalue weighted by molar-refractivity contribution is 0.0955. The highest BCUT2D eigenvalue weighted by molar-refractivity contribution is 7.89. The molecule has 9 heteroatoms. The Balaban J connectivity index is 0.00000220. The van der Waals surface area contributed by atoms with E-state index in [0.29, 0.717) is 18.8 Å². The number of halogens is 1. The molecule has 1 aliphatic heterocycles. The highest BCUT2D eigenvalue weighted by Crippen LogP contribution is 2.26. The van der Waals surface area contributed by atoms with Crippen LogP contribution in [0.4, 0.5) is 0 Å². The van der Waals surface area contributed by atoms with Gasteiger partial charge in [0.1, 0.15) is 10.6 Å². The van der Waals surface area contributed by atoms with Crippen LogP contribution in [0.2, 0.25) is 0 Å². The van der Waals surface area contributed by atoms with Crippen molar-refractivity contribution in [1.82, 2.24) is 14.2 Å². The van der Waals surface area contributed by atoms with Crippen LogP contribution < -0.4 is 11.1 Å². The van der Waals surface area contributed by atoms with Crippen LogP contribution in [0.3, 0.4) is 0 Å². The van der Waals surface area contributed by atoms with Crippen molar-refractivity contribution in [1.29, 1.82) is 0 Å². The molecule has 1 aromatic heterocycles. The predicted octanol–water partition coefficient (Wildman–Crippen LogP) is -0.0817. The molecule has 1 aromatic rings. The Morgan fingerprint density at radius 1 is 1.52 bits per heavy atom. The van der Waals surface area contributed by atoms with Crippen molar-refractivity contribution in [2.75, 3.05) is 20.1 Å². The predicted molar refractivity (Wildman–Crippen MR) is 82.0 cm³/mol. The van der Waals surface area contributed by atoms with Crippen molar-refractivity contribution in [2.24, 2.45) is 12.8 Å². The van der Waals surface area contributed by atoms with Crippen molar-refractivity contribution < 1.29 is 13.2 Å². The number of nitrogens with one attached hydrogen (secondary N) is 1. The van der Waals surface area contributed by atoms with E-state index in [1.807, 2.05) is 0 Å². The maximum Gasteiger partial charge on any atom is 0.267 e. The second-order valence-corrected chi connectivity index (χ2v) is 6.79. The van der Waals surface area contributed by atoms with Gasteiger partial charge in [-0.3, -0.25) is 4.79 Å². The summed E-state index contributed by atoms with van der Waals surface area (Å²) < 4.78 is 28.2. The molecule has 21 heavy (non-hydrogen) atoms. The van der Waals surface area contributed by atoms with Gasteiger partial charge in [0.15, 0.2) is 0 Å². The molecule has 2 heterocycles. The molecular weight excluding hydrogens is 316 g/mol. The molecule has 1 atom stereocenters. The number of rotatable bonds is 4.